The predicted molar refractivity (Wildman–Crippen MR) is 212 cm³/mol. The third-order valence-electron chi connectivity index (χ3n) is 9.56. The second-order valence-corrected chi connectivity index (χ2v) is 15.1. The molecule has 0 spiro atoms. The van der Waals surface area contributed by atoms with Crippen LogP contribution in [-0.2, 0) is 28.7 Å². The van der Waals surface area contributed by atoms with Gasteiger partial charge in [-0.1, -0.05) is 136 Å². The molecule has 0 fully saturated rings. The minimum atomic E-state index is -0.964. The molecule has 0 saturated carbocycles. The topological polar surface area (TPSA) is 134 Å². The summed E-state index contributed by atoms with van der Waals surface area (Å²) in [5, 5.41) is 15.8. The number of likely N-dealkylation sites (N-methyl/N-ethyl adjacent to an activating group) is 1. The molecule has 3 N–H and O–H groups in total. The van der Waals surface area contributed by atoms with Crippen molar-refractivity contribution in [3.8, 4) is 0 Å². The molecule has 0 saturated heterocycles. The van der Waals surface area contributed by atoms with Crippen molar-refractivity contribution in [3.63, 3.8) is 0 Å². The molecule has 306 valence electrons. The molecule has 0 aromatic heterocycles. The quantitative estimate of drug-likeness (QED) is 0.0427. The van der Waals surface area contributed by atoms with Gasteiger partial charge in [0, 0.05) is 25.9 Å². The van der Waals surface area contributed by atoms with Gasteiger partial charge >= 0.3 is 11.9 Å². The zero-order chi connectivity index (χ0) is 38.7. The van der Waals surface area contributed by atoms with Crippen molar-refractivity contribution in [3.05, 3.63) is 0 Å². The lowest BCUT2D eigenvalue weighted by molar-refractivity contribution is -0.151. The normalized spacial score (nSPS) is 13.1. The van der Waals surface area contributed by atoms with Gasteiger partial charge in [0.05, 0.1) is 12.5 Å². The minimum Gasteiger partial charge on any atom is -0.465 e. The number of nitrogens with zero attached hydrogens (tertiary/aromatic N) is 1. The maximum Gasteiger partial charge on any atom is 0.328 e. The fraction of sp³-hybridized carbons (Fsp3) is 0.905. The van der Waals surface area contributed by atoms with E-state index in [-0.39, 0.29) is 43.2 Å². The highest BCUT2D eigenvalue weighted by atomic mass is 16.5. The van der Waals surface area contributed by atoms with Crippen LogP contribution in [0.15, 0.2) is 0 Å². The first-order chi connectivity index (χ1) is 25.1. The Hall–Kier alpha value is -2.20. The van der Waals surface area contributed by atoms with Crippen molar-refractivity contribution >= 4 is 23.8 Å². The van der Waals surface area contributed by atoms with Crippen LogP contribution in [0.1, 0.15) is 188 Å². The molecule has 10 nitrogen and oxygen atoms in total. The monoisotopic (exact) mass is 740 g/mol. The molecule has 0 aromatic carbocycles. The van der Waals surface area contributed by atoms with Crippen molar-refractivity contribution in [2.75, 3.05) is 40.4 Å². The Morgan fingerprint density at radius 1 is 0.577 bits per heavy atom. The summed E-state index contributed by atoms with van der Waals surface area (Å²) in [5.74, 6) is -1.20. The molecule has 0 heterocycles. The van der Waals surface area contributed by atoms with Gasteiger partial charge in [0.25, 0.3) is 0 Å². The molecule has 0 aliphatic carbocycles. The Balaban J connectivity index is 4.63. The van der Waals surface area contributed by atoms with Crippen molar-refractivity contribution < 1.29 is 33.8 Å². The number of aliphatic hydroxyl groups excluding tert-OH is 1. The summed E-state index contributed by atoms with van der Waals surface area (Å²) in [4.78, 5) is 53.0. The van der Waals surface area contributed by atoms with E-state index in [2.05, 4.69) is 31.4 Å². The van der Waals surface area contributed by atoms with E-state index in [1.807, 2.05) is 14.1 Å². The largest absolute Gasteiger partial charge is 0.465 e. The summed E-state index contributed by atoms with van der Waals surface area (Å²) in [5.41, 5.74) is 0. The van der Waals surface area contributed by atoms with E-state index >= 15 is 0 Å². The molecule has 10 heteroatoms. The van der Waals surface area contributed by atoms with Gasteiger partial charge in [0.1, 0.15) is 18.8 Å². The SMILES string of the molecule is CCCCCCCCCCCC(=O)NC(CCC(=O)NCCCCOC(=O)C(CCCCCC)CCCCCCCC)C(=O)OCC(O)CN(C)C. The first-order valence-corrected chi connectivity index (χ1v) is 21.4. The molecule has 0 bridgehead atoms. The van der Waals surface area contributed by atoms with Crippen LogP contribution >= 0.6 is 0 Å². The van der Waals surface area contributed by atoms with Gasteiger partial charge < -0.3 is 30.1 Å². The predicted octanol–water partition coefficient (Wildman–Crippen LogP) is 8.41. The molecular weight excluding hydrogens is 658 g/mol. The van der Waals surface area contributed by atoms with E-state index < -0.39 is 18.1 Å². The van der Waals surface area contributed by atoms with Crippen LogP contribution in [0.3, 0.4) is 0 Å². The summed E-state index contributed by atoms with van der Waals surface area (Å²) < 4.78 is 11.0. The Morgan fingerprint density at radius 2 is 1.10 bits per heavy atom. The summed E-state index contributed by atoms with van der Waals surface area (Å²) in [6, 6.07) is -0.964. The number of unbranched alkanes of at least 4 members (excludes halogenated alkanes) is 17. The van der Waals surface area contributed by atoms with E-state index in [1.54, 1.807) is 4.90 Å². The molecule has 3 unspecified atom stereocenters. The number of nitrogens with one attached hydrogen (secondary N) is 2. The average Bonchev–Trinajstić information content (AvgIpc) is 3.11. The fourth-order valence-corrected chi connectivity index (χ4v) is 6.34. The molecule has 0 aliphatic rings. The molecule has 3 atom stereocenters. The molecular formula is C42H81N3O7. The lowest BCUT2D eigenvalue weighted by Gasteiger charge is -2.20. The summed E-state index contributed by atoms with van der Waals surface area (Å²) in [7, 11) is 3.63. The second kappa shape index (κ2) is 35.8. The number of amides is 2. The Morgan fingerprint density at radius 3 is 1.65 bits per heavy atom. The number of hydrogen-bond acceptors (Lipinski definition) is 8. The van der Waals surface area contributed by atoms with Gasteiger partial charge in [-0.25, -0.2) is 4.79 Å². The molecule has 0 aromatic rings. The van der Waals surface area contributed by atoms with Crippen molar-refractivity contribution in [1.29, 1.82) is 0 Å². The second-order valence-electron chi connectivity index (χ2n) is 15.1. The summed E-state index contributed by atoms with van der Waals surface area (Å²) in [6.07, 6.45) is 24.9. The van der Waals surface area contributed by atoms with E-state index in [4.69, 9.17) is 9.47 Å². The van der Waals surface area contributed by atoms with E-state index in [0.717, 1.165) is 51.4 Å². The van der Waals surface area contributed by atoms with Crippen LogP contribution in [0.2, 0.25) is 0 Å². The molecule has 52 heavy (non-hydrogen) atoms. The Kier molecular flexibility index (Phi) is 34.3. The highest BCUT2D eigenvalue weighted by Crippen LogP contribution is 2.21. The van der Waals surface area contributed by atoms with Crippen molar-refractivity contribution in [1.82, 2.24) is 15.5 Å². The van der Waals surface area contributed by atoms with Crippen molar-refractivity contribution in [2.24, 2.45) is 5.92 Å². The first-order valence-electron chi connectivity index (χ1n) is 21.4. The number of aliphatic hydroxyl groups is 1. The number of hydrogen-bond donors (Lipinski definition) is 3. The van der Waals surface area contributed by atoms with Crippen LogP contribution in [0.4, 0.5) is 0 Å². The van der Waals surface area contributed by atoms with Gasteiger partial charge in [-0.05, 0) is 52.6 Å². The third kappa shape index (κ3) is 31.3. The molecule has 0 aliphatic heterocycles. The number of rotatable bonds is 37. The van der Waals surface area contributed by atoms with Gasteiger partial charge in [-0.2, -0.15) is 0 Å². The van der Waals surface area contributed by atoms with E-state index in [1.165, 1.54) is 83.5 Å². The van der Waals surface area contributed by atoms with Gasteiger partial charge in [0.2, 0.25) is 11.8 Å². The molecule has 2 amide bonds. The number of carbonyl (C=O) groups excluding carboxylic acids is 4. The van der Waals surface area contributed by atoms with Crippen LogP contribution in [0.25, 0.3) is 0 Å². The third-order valence-corrected chi connectivity index (χ3v) is 9.56. The number of ether oxygens (including phenoxy) is 2. The van der Waals surface area contributed by atoms with Crippen molar-refractivity contribution in [2.45, 2.75) is 200 Å². The lowest BCUT2D eigenvalue weighted by Crippen LogP contribution is -2.43. The highest BCUT2D eigenvalue weighted by Gasteiger charge is 2.24. The van der Waals surface area contributed by atoms with Gasteiger partial charge in [0.15, 0.2) is 0 Å². The van der Waals surface area contributed by atoms with Crippen LogP contribution in [0, 0.1) is 5.92 Å². The van der Waals surface area contributed by atoms with Crippen LogP contribution in [0.5, 0.6) is 0 Å². The van der Waals surface area contributed by atoms with Gasteiger partial charge in [-0.3, -0.25) is 14.4 Å². The highest BCUT2D eigenvalue weighted by molar-refractivity contribution is 5.85. The molecule has 0 radical (unpaired) electrons. The lowest BCUT2D eigenvalue weighted by atomic mass is 9.94. The smallest absolute Gasteiger partial charge is 0.328 e. The first kappa shape index (κ1) is 49.8. The average molecular weight is 740 g/mol. The Labute approximate surface area is 318 Å². The number of esters is 2. The van der Waals surface area contributed by atoms with E-state index in [0.29, 0.717) is 39.0 Å². The summed E-state index contributed by atoms with van der Waals surface area (Å²) >= 11 is 0. The zero-order valence-electron chi connectivity index (χ0n) is 34.3. The summed E-state index contributed by atoms with van der Waals surface area (Å²) in [6.45, 7) is 7.56. The standard InChI is InChI=1S/C42H81N3O7/c1-6-9-12-15-17-18-19-21-24-29-40(48)44-38(42(50)52-35-37(46)34-45(4)5)30-31-39(47)43-32-25-26-33-51-41(49)36(27-22-14-11-8-3)28-23-20-16-13-10-7-2/h36-38,46H,6-35H2,1-5H3,(H,43,47)(H,44,48). The minimum absolute atomic E-state index is 0.0239. The molecule has 0 rings (SSSR count). The maximum absolute atomic E-state index is 12.9. The zero-order valence-corrected chi connectivity index (χ0v) is 34.3. The van der Waals surface area contributed by atoms with E-state index in [9.17, 15) is 24.3 Å². The number of carbonyl (C=O) groups is 4. The van der Waals surface area contributed by atoms with Crippen LogP contribution in [-0.4, -0.2) is 86.3 Å². The fourth-order valence-electron chi connectivity index (χ4n) is 6.34. The maximum atomic E-state index is 12.9. The van der Waals surface area contributed by atoms with Gasteiger partial charge in [-0.15, -0.1) is 0 Å². The van der Waals surface area contributed by atoms with Crippen LogP contribution < -0.4 is 10.6 Å². The Bertz CT molecular complexity index is 886.